The van der Waals surface area contributed by atoms with E-state index in [1.54, 1.807) is 4.57 Å². The summed E-state index contributed by atoms with van der Waals surface area (Å²) in [5.74, 6) is 0. The van der Waals surface area contributed by atoms with Crippen LogP contribution in [0.2, 0.25) is 0 Å². The van der Waals surface area contributed by atoms with Gasteiger partial charge in [0.1, 0.15) is 0 Å². The van der Waals surface area contributed by atoms with Crippen LogP contribution in [0.25, 0.3) is 0 Å². The molecule has 68 valence electrons. The van der Waals surface area contributed by atoms with E-state index in [1.807, 2.05) is 13.8 Å². The van der Waals surface area contributed by atoms with Gasteiger partial charge in [0.05, 0.1) is 6.67 Å². The number of aromatic nitrogens is 2. The van der Waals surface area contributed by atoms with Crippen LogP contribution in [0, 0.1) is 13.8 Å². The molecule has 0 atom stereocenters. The predicted octanol–water partition coefficient (Wildman–Crippen LogP) is 1.15. The second-order valence-electron chi connectivity index (χ2n) is 2.83. The minimum atomic E-state index is -0.379. The van der Waals surface area contributed by atoms with E-state index in [0.29, 0.717) is 13.0 Å². The number of aromatic amines is 1. The average Bonchev–Trinajstić information content (AvgIpc) is 2.25. The van der Waals surface area contributed by atoms with E-state index in [-0.39, 0.29) is 12.4 Å². The summed E-state index contributed by atoms with van der Waals surface area (Å²) in [4.78, 5) is 13.8. The first-order valence-electron chi connectivity index (χ1n) is 3.98. The molecule has 0 aliphatic carbocycles. The molecule has 4 heteroatoms. The standard InChI is InChI=1S/C8H13FN2O/c1-6-7(2)11(5-3-4-9)8(12)10-6/h3-5H2,1-2H3,(H,10,12). The van der Waals surface area contributed by atoms with E-state index in [0.717, 1.165) is 11.4 Å². The number of halogens is 1. The molecule has 0 saturated heterocycles. The number of aryl methyl sites for hydroxylation is 1. The molecule has 1 rings (SSSR count). The summed E-state index contributed by atoms with van der Waals surface area (Å²) >= 11 is 0. The van der Waals surface area contributed by atoms with Crippen LogP contribution in [0.4, 0.5) is 4.39 Å². The van der Waals surface area contributed by atoms with Crippen LogP contribution in [0.15, 0.2) is 4.79 Å². The zero-order valence-corrected chi connectivity index (χ0v) is 7.35. The molecule has 1 heterocycles. The van der Waals surface area contributed by atoms with Gasteiger partial charge in [-0.15, -0.1) is 0 Å². The Morgan fingerprint density at radius 1 is 1.50 bits per heavy atom. The molecule has 1 aromatic heterocycles. The molecule has 12 heavy (non-hydrogen) atoms. The molecule has 1 aromatic rings. The maximum Gasteiger partial charge on any atom is 0.325 e. The van der Waals surface area contributed by atoms with E-state index >= 15 is 0 Å². The van der Waals surface area contributed by atoms with Gasteiger partial charge in [0.2, 0.25) is 0 Å². The molecular weight excluding hydrogens is 159 g/mol. The first-order chi connectivity index (χ1) is 5.66. The lowest BCUT2D eigenvalue weighted by atomic mass is 10.3. The molecular formula is C8H13FN2O. The molecule has 0 saturated carbocycles. The van der Waals surface area contributed by atoms with Gasteiger partial charge >= 0.3 is 5.69 Å². The van der Waals surface area contributed by atoms with Crippen LogP contribution in [0.3, 0.4) is 0 Å². The third kappa shape index (κ3) is 1.57. The number of H-pyrrole nitrogens is 1. The average molecular weight is 172 g/mol. The van der Waals surface area contributed by atoms with Crippen molar-refractivity contribution in [2.45, 2.75) is 26.8 Å². The number of rotatable bonds is 3. The van der Waals surface area contributed by atoms with E-state index in [2.05, 4.69) is 4.98 Å². The van der Waals surface area contributed by atoms with Crippen LogP contribution in [-0.2, 0) is 6.54 Å². The fourth-order valence-corrected chi connectivity index (χ4v) is 1.16. The Bertz CT molecular complexity index is 313. The highest BCUT2D eigenvalue weighted by Crippen LogP contribution is 2.00. The number of nitrogens with one attached hydrogen (secondary N) is 1. The van der Waals surface area contributed by atoms with Crippen LogP contribution < -0.4 is 5.69 Å². The van der Waals surface area contributed by atoms with Crippen LogP contribution in [-0.4, -0.2) is 16.2 Å². The lowest BCUT2D eigenvalue weighted by molar-refractivity contribution is 0.442. The van der Waals surface area contributed by atoms with Crippen molar-refractivity contribution in [3.8, 4) is 0 Å². The largest absolute Gasteiger partial charge is 0.325 e. The molecule has 0 unspecified atom stereocenters. The van der Waals surface area contributed by atoms with E-state index in [4.69, 9.17) is 0 Å². The second-order valence-corrected chi connectivity index (χ2v) is 2.83. The van der Waals surface area contributed by atoms with Crippen molar-refractivity contribution in [1.29, 1.82) is 0 Å². The van der Waals surface area contributed by atoms with Crippen molar-refractivity contribution in [1.82, 2.24) is 9.55 Å². The highest BCUT2D eigenvalue weighted by atomic mass is 19.1. The first-order valence-corrected chi connectivity index (χ1v) is 3.98. The molecule has 1 N–H and O–H groups in total. The molecule has 0 aliphatic heterocycles. The summed E-state index contributed by atoms with van der Waals surface area (Å²) in [6, 6.07) is 0. The summed E-state index contributed by atoms with van der Waals surface area (Å²) in [6.07, 6.45) is 0.401. The predicted molar refractivity (Wildman–Crippen MR) is 45.1 cm³/mol. The number of hydrogen-bond donors (Lipinski definition) is 1. The summed E-state index contributed by atoms with van der Waals surface area (Å²) in [5.41, 5.74) is 1.62. The highest BCUT2D eigenvalue weighted by molar-refractivity contribution is 5.08. The minimum absolute atomic E-state index is 0.140. The SMILES string of the molecule is Cc1[nH]c(=O)n(CCCF)c1C. The molecule has 3 nitrogen and oxygen atoms in total. The zero-order valence-electron chi connectivity index (χ0n) is 7.35. The van der Waals surface area contributed by atoms with Gasteiger partial charge in [0.25, 0.3) is 0 Å². The lowest BCUT2D eigenvalue weighted by Crippen LogP contribution is -2.18. The molecule has 0 bridgehead atoms. The smallest absolute Gasteiger partial charge is 0.310 e. The van der Waals surface area contributed by atoms with Crippen LogP contribution >= 0.6 is 0 Å². The quantitative estimate of drug-likeness (QED) is 0.729. The topological polar surface area (TPSA) is 37.8 Å². The number of alkyl halides is 1. The summed E-state index contributed by atoms with van der Waals surface area (Å²) < 4.78 is 13.4. The van der Waals surface area contributed by atoms with Gasteiger partial charge in [-0.1, -0.05) is 0 Å². The number of imidazole rings is 1. The summed E-state index contributed by atoms with van der Waals surface area (Å²) in [6.45, 7) is 3.77. The number of hydrogen-bond acceptors (Lipinski definition) is 1. The summed E-state index contributed by atoms with van der Waals surface area (Å²) in [5, 5.41) is 0. The Labute approximate surface area is 70.2 Å². The Morgan fingerprint density at radius 2 is 2.17 bits per heavy atom. The maximum absolute atomic E-state index is 11.8. The van der Waals surface area contributed by atoms with Crippen molar-refractivity contribution < 1.29 is 4.39 Å². The first kappa shape index (κ1) is 9.03. The Balaban J connectivity index is 2.90. The zero-order chi connectivity index (χ0) is 9.14. The monoisotopic (exact) mass is 172 g/mol. The Kier molecular flexibility index (Phi) is 2.68. The van der Waals surface area contributed by atoms with Gasteiger partial charge in [-0.25, -0.2) is 4.79 Å². The summed E-state index contributed by atoms with van der Waals surface area (Å²) in [7, 11) is 0. The Hall–Kier alpha value is -1.06. The lowest BCUT2D eigenvalue weighted by Gasteiger charge is -2.00. The third-order valence-corrected chi connectivity index (χ3v) is 2.00. The fourth-order valence-electron chi connectivity index (χ4n) is 1.16. The van der Waals surface area contributed by atoms with E-state index in [1.165, 1.54) is 0 Å². The van der Waals surface area contributed by atoms with Crippen LogP contribution in [0.1, 0.15) is 17.8 Å². The Morgan fingerprint density at radius 3 is 2.58 bits per heavy atom. The van der Waals surface area contributed by atoms with Gasteiger partial charge in [-0.3, -0.25) is 8.96 Å². The normalized spacial score (nSPS) is 10.6. The van der Waals surface area contributed by atoms with Crippen LogP contribution in [0.5, 0.6) is 0 Å². The van der Waals surface area contributed by atoms with Crippen molar-refractivity contribution in [3.05, 3.63) is 21.9 Å². The second kappa shape index (κ2) is 3.56. The van der Waals surface area contributed by atoms with Crippen molar-refractivity contribution >= 4 is 0 Å². The van der Waals surface area contributed by atoms with Crippen molar-refractivity contribution in [2.24, 2.45) is 0 Å². The molecule has 0 amide bonds. The maximum atomic E-state index is 11.8. The molecule has 0 radical (unpaired) electrons. The molecule has 0 fully saturated rings. The number of nitrogens with zero attached hydrogens (tertiary/aromatic N) is 1. The fraction of sp³-hybridized carbons (Fsp3) is 0.625. The third-order valence-electron chi connectivity index (χ3n) is 2.00. The van der Waals surface area contributed by atoms with Crippen molar-refractivity contribution in [3.63, 3.8) is 0 Å². The minimum Gasteiger partial charge on any atom is -0.310 e. The van der Waals surface area contributed by atoms with Gasteiger partial charge in [-0.05, 0) is 20.3 Å². The van der Waals surface area contributed by atoms with Gasteiger partial charge in [-0.2, -0.15) is 0 Å². The van der Waals surface area contributed by atoms with Crippen molar-refractivity contribution in [2.75, 3.05) is 6.67 Å². The van der Waals surface area contributed by atoms with Gasteiger partial charge in [0.15, 0.2) is 0 Å². The highest BCUT2D eigenvalue weighted by Gasteiger charge is 2.04. The van der Waals surface area contributed by atoms with Gasteiger partial charge < -0.3 is 4.98 Å². The molecule has 0 aromatic carbocycles. The van der Waals surface area contributed by atoms with E-state index < -0.39 is 0 Å². The molecule has 0 aliphatic rings. The molecule has 0 spiro atoms. The van der Waals surface area contributed by atoms with Gasteiger partial charge in [0, 0.05) is 17.9 Å². The van der Waals surface area contributed by atoms with E-state index in [9.17, 15) is 9.18 Å².